The molecule has 7 nitrogen and oxygen atoms in total. The van der Waals surface area contributed by atoms with Crippen molar-refractivity contribution in [3.8, 4) is 5.75 Å². The predicted molar refractivity (Wildman–Crippen MR) is 101 cm³/mol. The third kappa shape index (κ3) is 4.75. The van der Waals surface area contributed by atoms with E-state index in [1.54, 1.807) is 37.8 Å². The molecule has 0 saturated heterocycles. The predicted octanol–water partition coefficient (Wildman–Crippen LogP) is 3.02. The molecule has 1 N–H and O–H groups in total. The first-order chi connectivity index (χ1) is 13.0. The normalized spacial score (nSPS) is 11.5. The van der Waals surface area contributed by atoms with E-state index in [2.05, 4.69) is 0 Å². The van der Waals surface area contributed by atoms with E-state index in [9.17, 15) is 9.59 Å². The number of hydrogen-bond donors (Lipinski definition) is 1. The number of nitrogens with one attached hydrogen (secondary N) is 1. The van der Waals surface area contributed by atoms with E-state index in [4.69, 9.17) is 19.6 Å². The molecule has 0 aliphatic rings. The van der Waals surface area contributed by atoms with Crippen LogP contribution in [0.15, 0.2) is 36.5 Å². The summed E-state index contributed by atoms with van der Waals surface area (Å²) in [5, 5.41) is 7.71. The number of aromatic nitrogens is 1. The van der Waals surface area contributed by atoms with Gasteiger partial charge in [-0.25, -0.2) is 4.79 Å². The summed E-state index contributed by atoms with van der Waals surface area (Å²) in [5.74, 6) is -1.36. The molecular weight excluding hydrogens is 348 g/mol. The summed E-state index contributed by atoms with van der Waals surface area (Å²) in [4.78, 5) is 24.7. The lowest BCUT2D eigenvalue weighted by atomic mass is 10.0. The molecule has 1 heterocycles. The first kappa shape index (κ1) is 20.2. The fraction of sp³-hybridized carbons (Fsp3) is 0.350. The van der Waals surface area contributed by atoms with Crippen molar-refractivity contribution in [1.29, 1.82) is 5.41 Å². The number of rotatable bonds is 9. The Morgan fingerprint density at radius 2 is 1.78 bits per heavy atom. The number of esters is 2. The van der Waals surface area contributed by atoms with Crippen molar-refractivity contribution in [3.63, 3.8) is 0 Å². The van der Waals surface area contributed by atoms with Gasteiger partial charge in [0.15, 0.2) is 0 Å². The van der Waals surface area contributed by atoms with E-state index in [-0.39, 0.29) is 18.8 Å². The Bertz CT molecular complexity index is 795. The van der Waals surface area contributed by atoms with Crippen LogP contribution in [0.3, 0.4) is 0 Å². The first-order valence-corrected chi connectivity index (χ1v) is 8.71. The molecule has 1 aromatic heterocycles. The van der Waals surface area contributed by atoms with Gasteiger partial charge in [-0.05, 0) is 37.6 Å². The highest BCUT2D eigenvalue weighted by Gasteiger charge is 2.29. The average Bonchev–Trinajstić information content (AvgIpc) is 3.07. The number of hydrogen-bond acceptors (Lipinski definition) is 6. The van der Waals surface area contributed by atoms with Crippen LogP contribution in [0, 0.1) is 5.41 Å². The van der Waals surface area contributed by atoms with E-state index in [1.807, 2.05) is 24.3 Å². The maximum Gasteiger partial charge on any atom is 0.339 e. The summed E-state index contributed by atoms with van der Waals surface area (Å²) >= 11 is 0. The summed E-state index contributed by atoms with van der Waals surface area (Å²) in [6.45, 7) is 4.24. The molecule has 0 bridgehead atoms. The number of benzene rings is 1. The Labute approximate surface area is 158 Å². The van der Waals surface area contributed by atoms with Crippen molar-refractivity contribution < 1.29 is 23.8 Å². The van der Waals surface area contributed by atoms with Crippen LogP contribution in [-0.2, 0) is 20.8 Å². The lowest BCUT2D eigenvalue weighted by molar-refractivity contribution is -0.143. The molecule has 0 aliphatic heterocycles. The van der Waals surface area contributed by atoms with Crippen LogP contribution < -0.4 is 4.74 Å². The molecule has 2 aromatic rings. The van der Waals surface area contributed by atoms with Gasteiger partial charge >= 0.3 is 11.9 Å². The molecule has 0 amide bonds. The summed E-state index contributed by atoms with van der Waals surface area (Å²) in [6, 6.07) is 9.08. The molecule has 1 aromatic carbocycles. The maximum absolute atomic E-state index is 12.3. The minimum Gasteiger partial charge on any atom is -0.497 e. The molecule has 0 radical (unpaired) electrons. The van der Waals surface area contributed by atoms with E-state index >= 15 is 0 Å². The zero-order chi connectivity index (χ0) is 19.8. The quantitative estimate of drug-likeness (QED) is 0.540. The average molecular weight is 372 g/mol. The summed E-state index contributed by atoms with van der Waals surface area (Å²) in [7, 11) is 1.60. The first-order valence-electron chi connectivity index (χ1n) is 8.71. The summed E-state index contributed by atoms with van der Waals surface area (Å²) < 4.78 is 17.1. The van der Waals surface area contributed by atoms with E-state index in [1.165, 1.54) is 0 Å². The smallest absolute Gasteiger partial charge is 0.339 e. The minimum absolute atomic E-state index is 0.192. The highest BCUT2D eigenvalue weighted by molar-refractivity contribution is 6.00. The van der Waals surface area contributed by atoms with E-state index in [0.29, 0.717) is 12.2 Å². The summed E-state index contributed by atoms with van der Waals surface area (Å²) in [6.07, 6.45) is 2.70. The standard InChI is InChI=1S/C20H24N2O5/c1-4-26-19(23)16-10-11-22(13-14-6-8-15(25-3)9-7-14)18(16)17(12-21)20(24)27-5-2/h6-12,17,21H,4-5,13H2,1-3H3. The second-order valence-corrected chi connectivity index (χ2v) is 5.71. The second kappa shape index (κ2) is 9.56. The zero-order valence-electron chi connectivity index (χ0n) is 15.7. The molecule has 144 valence electrons. The highest BCUT2D eigenvalue weighted by Crippen LogP contribution is 2.24. The number of carbonyl (C=O) groups excluding carboxylic acids is 2. The van der Waals surface area contributed by atoms with Crippen molar-refractivity contribution >= 4 is 18.2 Å². The van der Waals surface area contributed by atoms with Crippen molar-refractivity contribution in [2.24, 2.45) is 0 Å². The Morgan fingerprint density at radius 1 is 1.11 bits per heavy atom. The molecule has 7 heteroatoms. The van der Waals surface area contributed by atoms with Gasteiger partial charge in [-0.3, -0.25) is 4.79 Å². The largest absolute Gasteiger partial charge is 0.497 e. The summed E-state index contributed by atoms with van der Waals surface area (Å²) in [5.41, 5.74) is 1.60. The second-order valence-electron chi connectivity index (χ2n) is 5.71. The van der Waals surface area contributed by atoms with Gasteiger partial charge in [0.05, 0.1) is 31.6 Å². The third-order valence-electron chi connectivity index (χ3n) is 4.02. The number of nitrogens with zero attached hydrogens (tertiary/aromatic N) is 1. The molecule has 0 aliphatic carbocycles. The third-order valence-corrected chi connectivity index (χ3v) is 4.02. The van der Waals surface area contributed by atoms with Gasteiger partial charge < -0.3 is 24.2 Å². The minimum atomic E-state index is -0.988. The van der Waals surface area contributed by atoms with Crippen molar-refractivity contribution in [1.82, 2.24) is 4.57 Å². The van der Waals surface area contributed by atoms with Crippen LogP contribution in [0.2, 0.25) is 0 Å². The molecule has 0 fully saturated rings. The molecule has 1 unspecified atom stereocenters. The van der Waals surface area contributed by atoms with Gasteiger partial charge in [-0.15, -0.1) is 0 Å². The molecular formula is C20H24N2O5. The van der Waals surface area contributed by atoms with Gasteiger partial charge in [0.2, 0.25) is 0 Å². The van der Waals surface area contributed by atoms with Crippen LogP contribution >= 0.6 is 0 Å². The fourth-order valence-corrected chi connectivity index (χ4v) is 2.77. The van der Waals surface area contributed by atoms with Crippen molar-refractivity contribution in [2.75, 3.05) is 20.3 Å². The van der Waals surface area contributed by atoms with Crippen LogP contribution in [0.5, 0.6) is 5.75 Å². The van der Waals surface area contributed by atoms with Crippen LogP contribution in [0.4, 0.5) is 0 Å². The topological polar surface area (TPSA) is 90.6 Å². The van der Waals surface area contributed by atoms with E-state index in [0.717, 1.165) is 17.5 Å². The number of methoxy groups -OCH3 is 1. The maximum atomic E-state index is 12.3. The molecule has 0 spiro atoms. The zero-order valence-corrected chi connectivity index (χ0v) is 15.7. The highest BCUT2D eigenvalue weighted by atomic mass is 16.5. The number of ether oxygens (including phenoxy) is 3. The Balaban J connectivity index is 2.44. The van der Waals surface area contributed by atoms with Gasteiger partial charge in [0, 0.05) is 19.0 Å². The van der Waals surface area contributed by atoms with Crippen LogP contribution in [0.25, 0.3) is 0 Å². The Morgan fingerprint density at radius 3 is 2.33 bits per heavy atom. The van der Waals surface area contributed by atoms with Crippen molar-refractivity contribution in [2.45, 2.75) is 26.3 Å². The van der Waals surface area contributed by atoms with Crippen LogP contribution in [-0.4, -0.2) is 43.0 Å². The van der Waals surface area contributed by atoms with Gasteiger partial charge in [-0.1, -0.05) is 12.1 Å². The monoisotopic (exact) mass is 372 g/mol. The Hall–Kier alpha value is -3.09. The Kier molecular flexibility index (Phi) is 7.16. The fourth-order valence-electron chi connectivity index (χ4n) is 2.77. The van der Waals surface area contributed by atoms with Gasteiger partial charge in [0.1, 0.15) is 11.7 Å². The van der Waals surface area contributed by atoms with Crippen LogP contribution in [0.1, 0.15) is 41.4 Å². The SMILES string of the molecule is CCOC(=O)c1ccn(Cc2ccc(OC)cc2)c1C(C=N)C(=O)OCC. The van der Waals surface area contributed by atoms with E-state index < -0.39 is 17.9 Å². The molecule has 1 atom stereocenters. The van der Waals surface area contributed by atoms with Gasteiger partial charge in [0.25, 0.3) is 0 Å². The molecule has 27 heavy (non-hydrogen) atoms. The lowest BCUT2D eigenvalue weighted by Crippen LogP contribution is -2.23. The molecule has 2 rings (SSSR count). The van der Waals surface area contributed by atoms with Gasteiger partial charge in [-0.2, -0.15) is 0 Å². The lowest BCUT2D eigenvalue weighted by Gasteiger charge is -2.17. The van der Waals surface area contributed by atoms with Crippen molar-refractivity contribution in [3.05, 3.63) is 53.3 Å². The molecule has 0 saturated carbocycles. The number of carbonyl (C=O) groups is 2.